The summed E-state index contributed by atoms with van der Waals surface area (Å²) in [6, 6.07) is 7.69. The van der Waals surface area contributed by atoms with Crippen LogP contribution in [0.2, 0.25) is 0 Å². The van der Waals surface area contributed by atoms with Gasteiger partial charge < -0.3 is 15.7 Å². The molecule has 2 aromatic rings. The second-order valence-electron chi connectivity index (χ2n) is 7.39. The maximum Gasteiger partial charge on any atom is 0.223 e. The van der Waals surface area contributed by atoms with Crippen LogP contribution in [0.25, 0.3) is 0 Å². The van der Waals surface area contributed by atoms with Crippen molar-refractivity contribution in [2.24, 2.45) is 5.92 Å². The van der Waals surface area contributed by atoms with Crippen molar-refractivity contribution in [1.82, 2.24) is 25.8 Å². The van der Waals surface area contributed by atoms with Crippen LogP contribution in [0.3, 0.4) is 0 Å². The Balaban J connectivity index is 1.46. The quantitative estimate of drug-likeness (QED) is 0.567. The first-order valence-electron chi connectivity index (χ1n) is 9.66. The second-order valence-corrected chi connectivity index (χ2v) is 7.39. The summed E-state index contributed by atoms with van der Waals surface area (Å²) >= 11 is 0. The highest BCUT2D eigenvalue weighted by atomic mass is 16.3. The molecule has 0 unspecified atom stereocenters. The van der Waals surface area contributed by atoms with Crippen molar-refractivity contribution in [2.45, 2.75) is 57.7 Å². The molecule has 1 saturated carbocycles. The number of carbonyl (C=O) groups is 2. The Bertz CT molecular complexity index is 776. The highest BCUT2D eigenvalue weighted by molar-refractivity contribution is 5.79. The first-order chi connectivity index (χ1) is 13.5. The van der Waals surface area contributed by atoms with Gasteiger partial charge >= 0.3 is 0 Å². The molecule has 8 nitrogen and oxygen atoms in total. The van der Waals surface area contributed by atoms with Gasteiger partial charge in [0.05, 0.1) is 18.7 Å². The molecule has 28 heavy (non-hydrogen) atoms. The molecule has 1 aromatic heterocycles. The zero-order chi connectivity index (χ0) is 19.9. The number of aromatic amines is 1. The molecule has 0 radical (unpaired) electrons. The number of amides is 2. The van der Waals surface area contributed by atoms with Crippen molar-refractivity contribution in [1.29, 1.82) is 0 Å². The monoisotopic (exact) mass is 385 g/mol. The molecule has 0 saturated heterocycles. The summed E-state index contributed by atoms with van der Waals surface area (Å²) in [4.78, 5) is 28.7. The van der Waals surface area contributed by atoms with E-state index in [1.54, 1.807) is 0 Å². The largest absolute Gasteiger partial charge is 0.391 e. The Morgan fingerprint density at radius 3 is 2.75 bits per heavy atom. The van der Waals surface area contributed by atoms with E-state index in [-0.39, 0.29) is 24.3 Å². The maximum atomic E-state index is 12.4. The molecule has 1 fully saturated rings. The van der Waals surface area contributed by atoms with Gasteiger partial charge in [0, 0.05) is 12.3 Å². The summed E-state index contributed by atoms with van der Waals surface area (Å²) < 4.78 is 0. The minimum absolute atomic E-state index is 0.0952. The van der Waals surface area contributed by atoms with Gasteiger partial charge in [-0.15, -0.1) is 0 Å². The molecule has 8 heteroatoms. The van der Waals surface area contributed by atoms with Crippen molar-refractivity contribution in [3.05, 3.63) is 47.5 Å². The molecule has 0 spiro atoms. The van der Waals surface area contributed by atoms with Gasteiger partial charge in [0.2, 0.25) is 11.8 Å². The number of aliphatic hydroxyl groups is 1. The molecule has 2 amide bonds. The van der Waals surface area contributed by atoms with Gasteiger partial charge in [0.25, 0.3) is 0 Å². The lowest BCUT2D eigenvalue weighted by Gasteiger charge is -2.33. The Labute approximate surface area is 164 Å². The van der Waals surface area contributed by atoms with Gasteiger partial charge in [0.1, 0.15) is 12.2 Å². The normalized spacial score (nSPS) is 21.9. The van der Waals surface area contributed by atoms with E-state index in [9.17, 15) is 14.7 Å². The third-order valence-electron chi connectivity index (χ3n) is 5.19. The molecule has 3 rings (SSSR count). The fourth-order valence-electron chi connectivity index (χ4n) is 3.47. The van der Waals surface area contributed by atoms with Crippen LogP contribution >= 0.6 is 0 Å². The molecule has 1 heterocycles. The van der Waals surface area contributed by atoms with Gasteiger partial charge in [-0.05, 0) is 38.2 Å². The van der Waals surface area contributed by atoms with Gasteiger partial charge in [0.15, 0.2) is 0 Å². The minimum atomic E-state index is -0.623. The van der Waals surface area contributed by atoms with Crippen LogP contribution in [0.15, 0.2) is 30.6 Å². The Hall–Kier alpha value is -2.74. The summed E-state index contributed by atoms with van der Waals surface area (Å²) in [7, 11) is 0. The van der Waals surface area contributed by atoms with E-state index in [1.807, 2.05) is 31.2 Å². The number of hydrogen-bond acceptors (Lipinski definition) is 5. The molecule has 4 N–H and O–H groups in total. The predicted molar refractivity (Wildman–Crippen MR) is 103 cm³/mol. The first kappa shape index (κ1) is 20.0. The van der Waals surface area contributed by atoms with E-state index < -0.39 is 12.1 Å². The van der Waals surface area contributed by atoms with E-state index in [4.69, 9.17) is 0 Å². The molecule has 1 aliphatic rings. The summed E-state index contributed by atoms with van der Waals surface area (Å²) in [6.45, 7) is 2.31. The number of nitrogens with one attached hydrogen (secondary N) is 3. The molecular weight excluding hydrogens is 358 g/mol. The second kappa shape index (κ2) is 9.45. The van der Waals surface area contributed by atoms with Gasteiger partial charge in [-0.3, -0.25) is 14.7 Å². The zero-order valence-corrected chi connectivity index (χ0v) is 16.0. The lowest BCUT2D eigenvalue weighted by atomic mass is 9.83. The van der Waals surface area contributed by atoms with Crippen LogP contribution in [0.1, 0.15) is 42.6 Å². The lowest BCUT2D eigenvalue weighted by Crippen LogP contribution is -2.49. The van der Waals surface area contributed by atoms with E-state index in [1.165, 1.54) is 11.9 Å². The van der Waals surface area contributed by atoms with Crippen molar-refractivity contribution >= 4 is 11.8 Å². The summed E-state index contributed by atoms with van der Waals surface area (Å²) in [6.07, 6.45) is 3.29. The van der Waals surface area contributed by atoms with Crippen LogP contribution in [-0.2, 0) is 22.6 Å². The fraction of sp³-hybridized carbons (Fsp3) is 0.500. The van der Waals surface area contributed by atoms with Crippen LogP contribution < -0.4 is 10.6 Å². The van der Waals surface area contributed by atoms with Gasteiger partial charge in [-0.25, -0.2) is 4.98 Å². The molecule has 1 aliphatic carbocycles. The highest BCUT2D eigenvalue weighted by Gasteiger charge is 2.33. The zero-order valence-electron chi connectivity index (χ0n) is 16.0. The molecule has 3 atom stereocenters. The molecule has 1 aromatic carbocycles. The number of hydrogen-bond donors (Lipinski definition) is 4. The van der Waals surface area contributed by atoms with Crippen LogP contribution in [-0.4, -0.2) is 44.2 Å². The number of H-pyrrole nitrogens is 1. The molecule has 0 bridgehead atoms. The van der Waals surface area contributed by atoms with Gasteiger partial charge in [-0.1, -0.05) is 29.8 Å². The highest BCUT2D eigenvalue weighted by Crippen LogP contribution is 2.25. The number of nitrogens with zero attached hydrogens (tertiary/aromatic N) is 2. The summed E-state index contributed by atoms with van der Waals surface area (Å²) in [5.41, 5.74) is 2.29. The number of benzene rings is 1. The van der Waals surface area contributed by atoms with E-state index in [0.717, 1.165) is 5.56 Å². The van der Waals surface area contributed by atoms with Crippen molar-refractivity contribution in [2.75, 3.05) is 0 Å². The Kier molecular flexibility index (Phi) is 6.76. The van der Waals surface area contributed by atoms with Crippen molar-refractivity contribution in [3.8, 4) is 0 Å². The van der Waals surface area contributed by atoms with Crippen molar-refractivity contribution in [3.63, 3.8) is 0 Å². The number of aliphatic hydroxyl groups excluding tert-OH is 1. The van der Waals surface area contributed by atoms with E-state index >= 15 is 0 Å². The average Bonchev–Trinajstić information content (AvgIpc) is 3.21. The molecule has 0 aliphatic heterocycles. The fourth-order valence-corrected chi connectivity index (χ4v) is 3.47. The van der Waals surface area contributed by atoms with Crippen molar-refractivity contribution < 1.29 is 14.7 Å². The smallest absolute Gasteiger partial charge is 0.223 e. The number of carbonyl (C=O) groups excluding carboxylic acids is 2. The third kappa shape index (κ3) is 5.63. The Morgan fingerprint density at radius 2 is 2.04 bits per heavy atom. The van der Waals surface area contributed by atoms with Crippen LogP contribution in [0.4, 0.5) is 0 Å². The summed E-state index contributed by atoms with van der Waals surface area (Å²) in [5.74, 6) is 0.147. The van der Waals surface area contributed by atoms with E-state index in [2.05, 4.69) is 25.8 Å². The standard InChI is InChI=1S/C20H27N5O3/c1-13-2-4-14(5-3-13)6-9-19(27)24-16-10-15(7-8-17(16)26)20(28)21-11-18-22-12-23-25-18/h2-5,12,15-17,26H,6-11H2,1H3,(H,21,28)(H,24,27)(H,22,23,25)/t15-,16+,17+/m0/s1. The molecular formula is C20H27N5O3. The number of aryl methyl sites for hydroxylation is 2. The third-order valence-corrected chi connectivity index (χ3v) is 5.19. The topological polar surface area (TPSA) is 120 Å². The first-order valence-corrected chi connectivity index (χ1v) is 9.66. The number of aromatic nitrogens is 3. The summed E-state index contributed by atoms with van der Waals surface area (Å²) in [5, 5.41) is 22.4. The molecule has 150 valence electrons. The lowest BCUT2D eigenvalue weighted by molar-refractivity contribution is -0.129. The van der Waals surface area contributed by atoms with Crippen LogP contribution in [0.5, 0.6) is 0 Å². The minimum Gasteiger partial charge on any atom is -0.391 e. The average molecular weight is 385 g/mol. The predicted octanol–water partition coefficient (Wildman–Crippen LogP) is 1.01. The van der Waals surface area contributed by atoms with E-state index in [0.29, 0.717) is 37.9 Å². The Morgan fingerprint density at radius 1 is 1.25 bits per heavy atom. The maximum absolute atomic E-state index is 12.4. The van der Waals surface area contributed by atoms with Crippen LogP contribution in [0, 0.1) is 12.8 Å². The van der Waals surface area contributed by atoms with Gasteiger partial charge in [-0.2, -0.15) is 5.10 Å². The number of rotatable bonds is 7. The SMILES string of the molecule is Cc1ccc(CCC(=O)N[C@@H]2C[C@@H](C(=O)NCc3ncn[nH]3)CC[C@H]2O)cc1.